The first kappa shape index (κ1) is 68.3. The van der Waals surface area contributed by atoms with Crippen LogP contribution in [0.1, 0.15) is 120 Å². The summed E-state index contributed by atoms with van der Waals surface area (Å²) in [6.45, 7) is 21.7. The van der Waals surface area contributed by atoms with Crippen molar-refractivity contribution in [2.45, 2.75) is 132 Å². The van der Waals surface area contributed by atoms with Gasteiger partial charge in [-0.2, -0.15) is 9.84 Å². The molecule has 0 aliphatic carbocycles. The van der Waals surface area contributed by atoms with E-state index in [0.29, 0.717) is 84.6 Å². The zero-order valence-corrected chi connectivity index (χ0v) is 45.3. The molecule has 0 aromatic heterocycles. The number of halogens is 2. The second-order valence-electron chi connectivity index (χ2n) is 11.7. The van der Waals surface area contributed by atoms with Gasteiger partial charge in [-0.3, -0.25) is 9.13 Å². The van der Waals surface area contributed by atoms with Crippen LogP contribution in [0.5, 0.6) is 0 Å². The zero-order valence-electron chi connectivity index (χ0n) is 39.3. The van der Waals surface area contributed by atoms with E-state index < -0.39 is 23.8 Å². The second-order valence-corrected chi connectivity index (χ2v) is 18.9. The minimum Gasteiger partial charge on any atom is -0.397 e. The molecule has 370 valence electrons. The predicted octanol–water partition coefficient (Wildman–Crippen LogP) is 10.3. The Balaban J connectivity index is -0.000000217. The van der Waals surface area contributed by atoms with Gasteiger partial charge in [0.1, 0.15) is 0 Å². The molecular formula is C38H88Br2O16P4. The number of rotatable bonds is 28. The van der Waals surface area contributed by atoms with Gasteiger partial charge in [-0.05, 0) is 120 Å². The Hall–Kier alpha value is 1.72. The van der Waals surface area contributed by atoms with Gasteiger partial charge in [0, 0.05) is 43.7 Å². The van der Waals surface area contributed by atoms with Gasteiger partial charge in [0.25, 0.3) is 0 Å². The maximum atomic E-state index is 12.1. The normalized spacial score (nSPS) is 16.3. The summed E-state index contributed by atoms with van der Waals surface area (Å²) in [7, 11) is -5.20. The third kappa shape index (κ3) is 52.3. The van der Waals surface area contributed by atoms with E-state index in [0.717, 1.165) is 69.0 Å². The molecule has 0 saturated carbocycles. The highest BCUT2D eigenvalue weighted by molar-refractivity contribution is 9.09. The Labute approximate surface area is 387 Å². The van der Waals surface area contributed by atoms with Gasteiger partial charge in [-0.1, -0.05) is 31.9 Å². The van der Waals surface area contributed by atoms with E-state index in [-0.39, 0.29) is 25.8 Å². The molecule has 0 aromatic carbocycles. The highest BCUT2D eigenvalue weighted by atomic mass is 79.9. The fourth-order valence-electron chi connectivity index (χ4n) is 4.30. The maximum absolute atomic E-state index is 12.1. The number of aliphatic hydroxyl groups is 3. The van der Waals surface area contributed by atoms with Crippen molar-refractivity contribution in [3.63, 3.8) is 0 Å². The van der Waals surface area contributed by atoms with E-state index in [2.05, 4.69) is 31.9 Å². The smallest absolute Gasteiger partial charge is 0.332 e. The molecule has 2 saturated heterocycles. The van der Waals surface area contributed by atoms with E-state index >= 15 is 0 Å². The lowest BCUT2D eigenvalue weighted by Crippen LogP contribution is -2.22. The summed E-state index contributed by atoms with van der Waals surface area (Å²) in [5.74, 6) is 0. The molecule has 2 heterocycles. The van der Waals surface area contributed by atoms with Crippen LogP contribution in [0.3, 0.4) is 0 Å². The van der Waals surface area contributed by atoms with Crippen LogP contribution in [-0.4, -0.2) is 145 Å². The minimum atomic E-state index is -2.91. The highest BCUT2D eigenvalue weighted by Crippen LogP contribution is 2.49. The molecule has 2 aliphatic heterocycles. The molecule has 3 N–H and O–H groups in total. The lowest BCUT2D eigenvalue weighted by atomic mass is 10.2. The molecule has 0 amide bonds. The van der Waals surface area contributed by atoms with Crippen LogP contribution in [0.2, 0.25) is 0 Å². The van der Waals surface area contributed by atoms with Gasteiger partial charge in [0.15, 0.2) is 12.6 Å². The van der Waals surface area contributed by atoms with Crippen molar-refractivity contribution >= 4 is 65.5 Å². The van der Waals surface area contributed by atoms with Crippen molar-refractivity contribution in [1.82, 2.24) is 0 Å². The maximum Gasteiger partial charge on any atom is 0.332 e. The summed E-state index contributed by atoms with van der Waals surface area (Å²) >= 11 is 6.50. The lowest BCUT2D eigenvalue weighted by molar-refractivity contribution is -0.162. The van der Waals surface area contributed by atoms with Crippen LogP contribution in [0.25, 0.3) is 0 Å². The number of alkyl halides is 2. The van der Waals surface area contributed by atoms with Gasteiger partial charge >= 0.3 is 23.8 Å². The first-order valence-electron chi connectivity index (χ1n) is 21.9. The summed E-state index contributed by atoms with van der Waals surface area (Å²) in [6.07, 6.45) is 10.5. The third-order valence-corrected chi connectivity index (χ3v) is 13.5. The number of ether oxygens (including phenoxy) is 4. The second kappa shape index (κ2) is 56.8. The van der Waals surface area contributed by atoms with Crippen molar-refractivity contribution in [3.8, 4) is 0 Å². The molecule has 2 fully saturated rings. The van der Waals surface area contributed by atoms with Crippen molar-refractivity contribution in [3.05, 3.63) is 0 Å². The fourth-order valence-corrected chi connectivity index (χ4v) is 8.92. The van der Waals surface area contributed by atoms with Gasteiger partial charge in [0.2, 0.25) is 0 Å². The van der Waals surface area contributed by atoms with Crippen LogP contribution in [0.15, 0.2) is 0 Å². The van der Waals surface area contributed by atoms with Crippen LogP contribution in [0, 0.1) is 0 Å². The minimum absolute atomic E-state index is 0.0180. The van der Waals surface area contributed by atoms with E-state index in [4.69, 9.17) is 67.2 Å². The summed E-state index contributed by atoms with van der Waals surface area (Å²) in [5.41, 5.74) is 0. The summed E-state index contributed by atoms with van der Waals surface area (Å²) in [5, 5.41) is 26.1. The summed E-state index contributed by atoms with van der Waals surface area (Å²) < 4.78 is 87.1. The van der Waals surface area contributed by atoms with E-state index in [1.807, 2.05) is 34.6 Å². The molecule has 0 radical (unpaired) electrons. The Morgan fingerprint density at radius 3 is 1.20 bits per heavy atom. The standard InChI is InChI=1S/C12H25O5P.C8H15BrO2.C7H17O4P.C6H15O3P.C3H7BrO.C2H6O.H3P/c1-3-16-18(13,17-4-2)11-7-10-15-12-8-5-6-9-14-12;9-5-3-7-11-8-4-1-2-6-10-8;1-3-10-12(9,11-4-2)7-5-6-8;1-4-7-10(8-5-2)9-6-3;4-2-1-3-5;1-2-3;/h12H,3-11H2,1-2H3;8H,1-7H2;8H,3-7H2,1-2H3;4-6H2,1-3H3;5H,1-3H2;3H,2H2,1H3;1H3/i;;;;;;1D. The van der Waals surface area contributed by atoms with E-state index in [1.54, 1.807) is 30.6 Å². The monoisotopic (exact) mass is 1080 g/mol. The lowest BCUT2D eigenvalue weighted by Gasteiger charge is -2.23. The Bertz CT molecular complexity index is 856. The molecule has 3 unspecified atom stereocenters. The average molecular weight is 1090 g/mol. The molecule has 3 atom stereocenters. The molecule has 0 spiro atoms. The van der Waals surface area contributed by atoms with Gasteiger partial charge in [-0.15, -0.1) is 0 Å². The predicted molar refractivity (Wildman–Crippen MR) is 256 cm³/mol. The molecule has 16 nitrogen and oxygen atoms in total. The molecule has 0 aromatic rings. The zero-order chi connectivity index (χ0) is 47.3. The van der Waals surface area contributed by atoms with Crippen molar-refractivity contribution in [2.24, 2.45) is 0 Å². The molecule has 22 heteroatoms. The largest absolute Gasteiger partial charge is 0.397 e. The van der Waals surface area contributed by atoms with Crippen molar-refractivity contribution in [1.29, 1.82) is 1.28 Å². The quantitative estimate of drug-likeness (QED) is 0.0380. The van der Waals surface area contributed by atoms with E-state index in [1.165, 1.54) is 12.8 Å². The van der Waals surface area contributed by atoms with Gasteiger partial charge in [0.05, 0.1) is 73.1 Å². The van der Waals surface area contributed by atoms with Crippen LogP contribution in [0.4, 0.5) is 0 Å². The molecule has 2 rings (SSSR count). The molecule has 60 heavy (non-hydrogen) atoms. The molecule has 0 bridgehead atoms. The van der Waals surface area contributed by atoms with Crippen molar-refractivity contribution < 1.29 is 75.1 Å². The van der Waals surface area contributed by atoms with Crippen molar-refractivity contribution in [2.75, 3.05) is 115 Å². The van der Waals surface area contributed by atoms with Crippen LogP contribution in [-0.2, 0) is 59.7 Å². The van der Waals surface area contributed by atoms with E-state index in [9.17, 15) is 9.13 Å². The topological polar surface area (TPSA) is 196 Å². The summed E-state index contributed by atoms with van der Waals surface area (Å²) in [4.78, 5) is 0. The number of hydrogen-bond acceptors (Lipinski definition) is 16. The summed E-state index contributed by atoms with van der Waals surface area (Å²) in [6, 6.07) is 0. The molecular weight excluding hydrogens is 996 g/mol. The Morgan fingerprint density at radius 1 is 0.583 bits per heavy atom. The fraction of sp³-hybridized carbons (Fsp3) is 1.00. The Kier molecular flexibility index (Phi) is 64.7. The third-order valence-electron chi connectivity index (χ3n) is 6.63. The SMILES string of the molecule is BrCCCOC1CCCCO1.CCO.CCOP(=O)(CCCO)OCC.CCOP(=O)(CCCOC1CCCCO1)OCC.CCOP(OCC)OCC.OCCCBr.[2H]P. The van der Waals surface area contributed by atoms with Gasteiger partial charge in [-0.25, -0.2) is 0 Å². The first-order chi connectivity index (χ1) is 29.5. The van der Waals surface area contributed by atoms with Gasteiger partial charge < -0.3 is 65.9 Å². The first-order valence-corrected chi connectivity index (χ1v) is 28.1. The van der Waals surface area contributed by atoms with Crippen LogP contribution < -0.4 is 0 Å². The number of hydrogen-bond donors (Lipinski definition) is 3. The Morgan fingerprint density at radius 2 is 0.933 bits per heavy atom. The number of aliphatic hydroxyl groups excluding tert-OH is 3. The van der Waals surface area contributed by atoms with Crippen LogP contribution >= 0.6 is 65.5 Å². The average Bonchev–Trinajstić information content (AvgIpc) is 3.26. The highest BCUT2D eigenvalue weighted by Gasteiger charge is 2.24. The molecule has 2 aliphatic rings.